The average Bonchev–Trinajstić information content (AvgIpc) is 2.78. The number of fused-ring (bicyclic) bond motifs is 1. The van der Waals surface area contributed by atoms with E-state index in [2.05, 4.69) is 4.98 Å². The van der Waals surface area contributed by atoms with Crippen molar-refractivity contribution in [1.82, 2.24) is 4.98 Å². The Bertz CT molecular complexity index is 1220. The normalized spacial score (nSPS) is 14.9. The van der Waals surface area contributed by atoms with Crippen LogP contribution >= 0.6 is 11.6 Å². The van der Waals surface area contributed by atoms with E-state index >= 15 is 0 Å². The number of hydrogen-bond donors (Lipinski definition) is 1. The van der Waals surface area contributed by atoms with Crippen LogP contribution in [0.25, 0.3) is 0 Å². The van der Waals surface area contributed by atoms with E-state index in [9.17, 15) is 14.4 Å². The van der Waals surface area contributed by atoms with Gasteiger partial charge in [0.1, 0.15) is 17.9 Å². The van der Waals surface area contributed by atoms with Crippen LogP contribution in [-0.2, 0) is 16.1 Å². The number of aromatic nitrogens is 1. The zero-order valence-electron chi connectivity index (χ0n) is 17.2. The van der Waals surface area contributed by atoms with Crippen molar-refractivity contribution in [2.24, 2.45) is 0 Å². The molecule has 1 aliphatic heterocycles. The van der Waals surface area contributed by atoms with E-state index in [0.29, 0.717) is 17.4 Å². The van der Waals surface area contributed by atoms with Gasteiger partial charge < -0.3 is 19.2 Å². The Morgan fingerprint density at radius 2 is 1.91 bits per heavy atom. The van der Waals surface area contributed by atoms with Crippen molar-refractivity contribution < 1.29 is 23.8 Å². The van der Waals surface area contributed by atoms with Crippen molar-refractivity contribution in [3.8, 4) is 11.5 Å². The predicted molar refractivity (Wildman–Crippen MR) is 117 cm³/mol. The van der Waals surface area contributed by atoms with Gasteiger partial charge in [0.05, 0.1) is 18.6 Å². The van der Waals surface area contributed by atoms with Gasteiger partial charge in [0, 0.05) is 22.7 Å². The number of benzene rings is 2. The first-order valence-corrected chi connectivity index (χ1v) is 10.4. The molecule has 0 saturated carbocycles. The van der Waals surface area contributed by atoms with Crippen molar-refractivity contribution in [3.63, 3.8) is 0 Å². The number of hydrogen-bond acceptors (Lipinski definition) is 6. The molecule has 32 heavy (non-hydrogen) atoms. The van der Waals surface area contributed by atoms with Crippen LogP contribution < -0.4 is 15.0 Å². The number of aromatic amines is 1. The Balaban J connectivity index is 1.61. The van der Waals surface area contributed by atoms with E-state index < -0.39 is 23.4 Å². The molecule has 1 aliphatic rings. The van der Waals surface area contributed by atoms with Crippen LogP contribution in [0.5, 0.6) is 11.5 Å². The zero-order chi connectivity index (χ0) is 22.7. The highest BCUT2D eigenvalue weighted by atomic mass is 35.5. The lowest BCUT2D eigenvalue weighted by Crippen LogP contribution is -2.30. The Kier molecular flexibility index (Phi) is 6.28. The third kappa shape index (κ3) is 4.38. The number of carbonyl (C=O) groups is 2. The first-order chi connectivity index (χ1) is 15.5. The molecule has 7 nitrogen and oxygen atoms in total. The molecule has 164 valence electrons. The molecule has 0 unspecified atom stereocenters. The van der Waals surface area contributed by atoms with Crippen LogP contribution in [-0.4, -0.2) is 23.5 Å². The SMILES string of the molecule is CCOC(=O)c1c[nH]c(=O)c2c1OC(=O)C[C@@H]2c1ccc(OCc2ccccc2Cl)cc1. The minimum absolute atomic E-state index is 0.0131. The molecule has 3 aromatic rings. The van der Waals surface area contributed by atoms with Crippen LogP contribution in [0.2, 0.25) is 5.02 Å². The van der Waals surface area contributed by atoms with Gasteiger partial charge in [-0.05, 0) is 30.7 Å². The number of H-pyrrole nitrogens is 1. The Labute approximate surface area is 188 Å². The minimum atomic E-state index is -0.670. The first-order valence-electron chi connectivity index (χ1n) is 10.1. The zero-order valence-corrected chi connectivity index (χ0v) is 18.0. The average molecular weight is 454 g/mol. The highest BCUT2D eigenvalue weighted by molar-refractivity contribution is 6.31. The molecule has 0 radical (unpaired) electrons. The predicted octanol–water partition coefficient (Wildman–Crippen LogP) is 4.23. The second kappa shape index (κ2) is 9.28. The maximum absolute atomic E-state index is 12.6. The minimum Gasteiger partial charge on any atom is -0.489 e. The number of rotatable bonds is 6. The van der Waals surface area contributed by atoms with Crippen molar-refractivity contribution >= 4 is 23.5 Å². The van der Waals surface area contributed by atoms with Crippen molar-refractivity contribution in [3.05, 3.63) is 92.4 Å². The molecular weight excluding hydrogens is 434 g/mol. The molecule has 1 aromatic heterocycles. The maximum Gasteiger partial charge on any atom is 0.343 e. The Hall–Kier alpha value is -3.58. The van der Waals surface area contributed by atoms with Gasteiger partial charge in [0.15, 0.2) is 5.75 Å². The van der Waals surface area contributed by atoms with Gasteiger partial charge >= 0.3 is 11.9 Å². The van der Waals surface area contributed by atoms with Crippen molar-refractivity contribution in [2.75, 3.05) is 6.61 Å². The largest absolute Gasteiger partial charge is 0.489 e. The second-order valence-electron chi connectivity index (χ2n) is 7.17. The molecule has 0 amide bonds. The summed E-state index contributed by atoms with van der Waals surface area (Å²) in [4.78, 5) is 39.7. The summed E-state index contributed by atoms with van der Waals surface area (Å²) in [5.74, 6) is -1.20. The standard InChI is InChI=1S/C24H20ClNO6/c1-2-30-24(29)18-12-26-23(28)21-17(11-20(27)32-22(18)21)14-7-9-16(10-8-14)31-13-15-5-3-4-6-19(15)25/h3-10,12,17H,2,11,13H2,1H3,(H,26,28)/t17-/m1/s1. The lowest BCUT2D eigenvalue weighted by atomic mass is 9.86. The van der Waals surface area contributed by atoms with Crippen LogP contribution in [0, 0.1) is 0 Å². The summed E-state index contributed by atoms with van der Waals surface area (Å²) < 4.78 is 16.1. The topological polar surface area (TPSA) is 94.7 Å². The van der Waals surface area contributed by atoms with Gasteiger partial charge in [0.25, 0.3) is 5.56 Å². The fourth-order valence-corrected chi connectivity index (χ4v) is 3.79. The molecule has 0 saturated heterocycles. The summed E-state index contributed by atoms with van der Waals surface area (Å²) in [5.41, 5.74) is 1.39. The molecule has 2 aromatic carbocycles. The highest BCUT2D eigenvalue weighted by Crippen LogP contribution is 2.39. The molecule has 8 heteroatoms. The quantitative estimate of drug-likeness (QED) is 0.561. The molecule has 0 fully saturated rings. The molecule has 4 rings (SSSR count). The third-order valence-electron chi connectivity index (χ3n) is 5.15. The third-order valence-corrected chi connectivity index (χ3v) is 5.52. The van der Waals surface area contributed by atoms with Gasteiger partial charge in [-0.3, -0.25) is 9.59 Å². The Morgan fingerprint density at radius 3 is 2.62 bits per heavy atom. The van der Waals surface area contributed by atoms with Gasteiger partial charge in [-0.1, -0.05) is 41.9 Å². The second-order valence-corrected chi connectivity index (χ2v) is 7.58. The van der Waals surface area contributed by atoms with E-state index in [4.69, 9.17) is 25.8 Å². The van der Waals surface area contributed by atoms with Crippen molar-refractivity contribution in [2.45, 2.75) is 25.9 Å². The lowest BCUT2D eigenvalue weighted by Gasteiger charge is -2.25. The van der Waals surface area contributed by atoms with E-state index in [1.807, 2.05) is 18.2 Å². The summed E-state index contributed by atoms with van der Waals surface area (Å²) in [6.45, 7) is 2.13. The lowest BCUT2D eigenvalue weighted by molar-refractivity contribution is -0.135. The molecular formula is C24H20ClNO6. The number of carbonyl (C=O) groups excluding carboxylic acids is 2. The number of pyridine rings is 1. The molecule has 0 aliphatic carbocycles. The first kappa shape index (κ1) is 21.6. The summed E-state index contributed by atoms with van der Waals surface area (Å²) in [6.07, 6.45) is 1.18. The highest BCUT2D eigenvalue weighted by Gasteiger charge is 2.34. The van der Waals surface area contributed by atoms with Gasteiger partial charge in [0.2, 0.25) is 0 Å². The van der Waals surface area contributed by atoms with E-state index in [1.54, 1.807) is 37.3 Å². The molecule has 1 N–H and O–H groups in total. The van der Waals surface area contributed by atoms with Crippen LogP contribution in [0.1, 0.15) is 46.3 Å². The molecule has 2 heterocycles. The fourth-order valence-electron chi connectivity index (χ4n) is 3.60. The smallest absolute Gasteiger partial charge is 0.343 e. The monoisotopic (exact) mass is 453 g/mol. The van der Waals surface area contributed by atoms with E-state index in [-0.39, 0.29) is 29.9 Å². The summed E-state index contributed by atoms with van der Waals surface area (Å²) >= 11 is 6.16. The van der Waals surface area contributed by atoms with Gasteiger partial charge in [-0.25, -0.2) is 4.79 Å². The number of halogens is 1. The van der Waals surface area contributed by atoms with Gasteiger partial charge in [-0.2, -0.15) is 0 Å². The molecule has 0 spiro atoms. The van der Waals surface area contributed by atoms with Crippen molar-refractivity contribution in [1.29, 1.82) is 0 Å². The fraction of sp³-hybridized carbons (Fsp3) is 0.208. The number of esters is 2. The van der Waals surface area contributed by atoms with E-state index in [0.717, 1.165) is 11.1 Å². The number of ether oxygens (including phenoxy) is 3. The van der Waals surface area contributed by atoms with E-state index in [1.165, 1.54) is 6.20 Å². The number of nitrogens with one attached hydrogen (secondary N) is 1. The Morgan fingerprint density at radius 1 is 1.16 bits per heavy atom. The summed E-state index contributed by atoms with van der Waals surface area (Å²) in [7, 11) is 0. The van der Waals surface area contributed by atoms with Crippen LogP contribution in [0.4, 0.5) is 0 Å². The van der Waals surface area contributed by atoms with Crippen LogP contribution in [0.15, 0.2) is 59.5 Å². The maximum atomic E-state index is 12.6. The molecule has 1 atom stereocenters. The van der Waals surface area contributed by atoms with Gasteiger partial charge in [-0.15, -0.1) is 0 Å². The van der Waals surface area contributed by atoms with Crippen LogP contribution in [0.3, 0.4) is 0 Å². The summed E-state index contributed by atoms with van der Waals surface area (Å²) in [6, 6.07) is 14.5. The summed E-state index contributed by atoms with van der Waals surface area (Å²) in [5, 5.41) is 0.623. The molecule has 0 bridgehead atoms.